The first-order valence-corrected chi connectivity index (χ1v) is 11.2. The molecule has 2 aliphatic rings. The van der Waals surface area contributed by atoms with Gasteiger partial charge in [0, 0.05) is 23.8 Å². The van der Waals surface area contributed by atoms with Gasteiger partial charge in [-0.2, -0.15) is 10.5 Å². The van der Waals surface area contributed by atoms with Crippen LogP contribution in [0.2, 0.25) is 0 Å². The Kier molecular flexibility index (Phi) is 5.92. The van der Waals surface area contributed by atoms with Crippen molar-refractivity contribution in [2.75, 3.05) is 19.0 Å². The Morgan fingerprint density at radius 1 is 1.38 bits per heavy atom. The smallest absolute Gasteiger partial charge is 0.241 e. The standard InChI is InChI=1S/C20H32N2O3S/c1-19(2,26(4)15-9-5-6-10-15)18(23)21-17-13-16(22-25-17)20(14-24-3)11-7-8-12-20/h13,15H,4-12,14H2,1-3H3,(H,21,23). The quantitative estimate of drug-likeness (QED) is 0.708. The van der Waals surface area contributed by atoms with Crippen LogP contribution in [0.4, 0.5) is 5.88 Å². The van der Waals surface area contributed by atoms with E-state index in [2.05, 4.69) is 16.3 Å². The summed E-state index contributed by atoms with van der Waals surface area (Å²) in [6.07, 6.45) is 9.35. The molecule has 1 aromatic rings. The van der Waals surface area contributed by atoms with E-state index in [9.17, 15) is 4.79 Å². The Hall–Kier alpha value is -1.14. The molecule has 1 atom stereocenters. The number of nitrogens with one attached hydrogen (secondary N) is 1. The molecule has 1 N–H and O–H groups in total. The predicted octanol–water partition coefficient (Wildman–Crippen LogP) is 4.49. The molecule has 0 bridgehead atoms. The Morgan fingerprint density at radius 3 is 2.65 bits per heavy atom. The second-order valence-electron chi connectivity index (χ2n) is 8.30. The van der Waals surface area contributed by atoms with Gasteiger partial charge in [-0.15, -0.1) is 0 Å². The third-order valence-electron chi connectivity index (χ3n) is 6.18. The molecule has 1 amide bonds. The lowest BCUT2D eigenvalue weighted by molar-refractivity contribution is -0.117. The maximum atomic E-state index is 12.9. The van der Waals surface area contributed by atoms with Crippen molar-refractivity contribution in [3.63, 3.8) is 0 Å². The summed E-state index contributed by atoms with van der Waals surface area (Å²) in [7, 11) is 1.52. The van der Waals surface area contributed by atoms with Crippen molar-refractivity contribution >= 4 is 28.1 Å². The summed E-state index contributed by atoms with van der Waals surface area (Å²) < 4.78 is 10.4. The first-order valence-electron chi connectivity index (χ1n) is 9.69. The number of nitrogens with zero attached hydrogens (tertiary/aromatic N) is 1. The number of aromatic nitrogens is 1. The van der Waals surface area contributed by atoms with Gasteiger partial charge in [-0.25, -0.2) is 0 Å². The first-order chi connectivity index (χ1) is 12.4. The van der Waals surface area contributed by atoms with Gasteiger partial charge in [0.15, 0.2) is 0 Å². The normalized spacial score (nSPS) is 21.8. The van der Waals surface area contributed by atoms with Gasteiger partial charge in [-0.05, 0) is 39.5 Å². The summed E-state index contributed by atoms with van der Waals surface area (Å²) in [5.74, 6) is 4.77. The fraction of sp³-hybridized carbons (Fsp3) is 0.750. The Morgan fingerprint density at radius 2 is 2.04 bits per heavy atom. The molecular formula is C20H32N2O3S. The molecule has 2 fully saturated rings. The van der Waals surface area contributed by atoms with E-state index in [1.54, 1.807) is 7.11 Å². The minimum Gasteiger partial charge on any atom is -0.384 e. The summed E-state index contributed by atoms with van der Waals surface area (Å²) in [5.41, 5.74) is 0.825. The first kappa shape index (κ1) is 19.6. The maximum absolute atomic E-state index is 12.9. The van der Waals surface area contributed by atoms with Gasteiger partial charge in [0.05, 0.1) is 17.0 Å². The van der Waals surface area contributed by atoms with E-state index in [-0.39, 0.29) is 21.8 Å². The molecule has 26 heavy (non-hydrogen) atoms. The number of methoxy groups -OCH3 is 1. The lowest BCUT2D eigenvalue weighted by atomic mass is 9.83. The monoisotopic (exact) mass is 380 g/mol. The van der Waals surface area contributed by atoms with Crippen LogP contribution in [0.1, 0.15) is 70.9 Å². The van der Waals surface area contributed by atoms with Crippen molar-refractivity contribution in [2.24, 2.45) is 0 Å². The molecule has 3 rings (SSSR count). The fourth-order valence-corrected chi connectivity index (χ4v) is 6.38. The van der Waals surface area contributed by atoms with E-state index in [0.29, 0.717) is 17.7 Å². The van der Waals surface area contributed by atoms with Crippen LogP contribution in [0.3, 0.4) is 0 Å². The SMILES string of the molecule is C=S(C1CCCC1)C(C)(C)C(=O)Nc1cc(C2(COC)CCCC2)no1. The predicted molar refractivity (Wildman–Crippen MR) is 108 cm³/mol. The molecule has 0 aliphatic heterocycles. The van der Waals surface area contributed by atoms with Gasteiger partial charge in [0.1, 0.15) is 0 Å². The highest BCUT2D eigenvalue weighted by Gasteiger charge is 2.40. The van der Waals surface area contributed by atoms with Crippen LogP contribution >= 0.6 is 10.5 Å². The third-order valence-corrected chi connectivity index (χ3v) is 8.95. The number of rotatable bonds is 7. The van der Waals surface area contributed by atoms with Crippen LogP contribution < -0.4 is 5.32 Å². The van der Waals surface area contributed by atoms with Crippen LogP contribution in [0, 0.1) is 0 Å². The van der Waals surface area contributed by atoms with Crippen molar-refractivity contribution in [1.29, 1.82) is 0 Å². The van der Waals surface area contributed by atoms with Gasteiger partial charge in [-0.3, -0.25) is 10.1 Å². The van der Waals surface area contributed by atoms with Crippen LogP contribution in [0.15, 0.2) is 10.6 Å². The highest BCUT2D eigenvalue weighted by atomic mass is 32.2. The zero-order valence-corrected chi connectivity index (χ0v) is 17.1. The van der Waals surface area contributed by atoms with Crippen molar-refractivity contribution in [3.05, 3.63) is 11.8 Å². The molecule has 2 aliphatic carbocycles. The van der Waals surface area contributed by atoms with Gasteiger partial charge in [-0.1, -0.05) is 36.7 Å². The Labute approximate surface area is 159 Å². The van der Waals surface area contributed by atoms with Crippen molar-refractivity contribution in [2.45, 2.75) is 80.6 Å². The van der Waals surface area contributed by atoms with Crippen molar-refractivity contribution < 1.29 is 14.1 Å². The Balaban J connectivity index is 1.70. The fourth-order valence-electron chi connectivity index (χ4n) is 4.36. The average Bonchev–Trinajstić information content (AvgIpc) is 3.36. The molecule has 0 aromatic carbocycles. The minimum atomic E-state index is -0.514. The van der Waals surface area contributed by atoms with Gasteiger partial charge in [0.25, 0.3) is 0 Å². The molecule has 0 saturated heterocycles. The number of ether oxygens (including phenoxy) is 1. The van der Waals surface area contributed by atoms with Crippen molar-refractivity contribution in [3.8, 4) is 0 Å². The summed E-state index contributed by atoms with van der Waals surface area (Å²) in [6, 6.07) is 1.88. The highest BCUT2D eigenvalue weighted by molar-refractivity contribution is 8.16. The summed E-state index contributed by atoms with van der Waals surface area (Å²) >= 11 is 0. The van der Waals surface area contributed by atoms with Gasteiger partial charge >= 0.3 is 0 Å². The molecule has 0 radical (unpaired) electrons. The van der Waals surface area contributed by atoms with E-state index in [4.69, 9.17) is 9.26 Å². The van der Waals surface area contributed by atoms with Crippen LogP contribution in [0.25, 0.3) is 0 Å². The zero-order chi connectivity index (χ0) is 18.8. The van der Waals surface area contributed by atoms with E-state index in [0.717, 1.165) is 18.5 Å². The summed E-state index contributed by atoms with van der Waals surface area (Å²) in [6.45, 7) is 4.64. The van der Waals surface area contributed by atoms with Crippen LogP contribution in [-0.4, -0.2) is 40.6 Å². The van der Waals surface area contributed by atoms with Gasteiger partial charge < -0.3 is 9.26 Å². The van der Waals surface area contributed by atoms with Crippen molar-refractivity contribution in [1.82, 2.24) is 5.16 Å². The highest BCUT2D eigenvalue weighted by Crippen LogP contribution is 2.44. The van der Waals surface area contributed by atoms with E-state index in [1.807, 2.05) is 19.9 Å². The molecule has 1 unspecified atom stereocenters. The molecular weight excluding hydrogens is 348 g/mol. The number of carbonyl (C=O) groups excluding carboxylic acids is 1. The minimum absolute atomic E-state index is 0.0300. The number of hydrogen-bond acceptors (Lipinski definition) is 4. The lowest BCUT2D eigenvalue weighted by Gasteiger charge is -2.30. The zero-order valence-electron chi connectivity index (χ0n) is 16.3. The number of anilines is 1. The number of carbonyl (C=O) groups is 1. The lowest BCUT2D eigenvalue weighted by Crippen LogP contribution is -2.37. The molecule has 1 heterocycles. The molecule has 6 heteroatoms. The van der Waals surface area contributed by atoms with Crippen LogP contribution in [0.5, 0.6) is 0 Å². The largest absolute Gasteiger partial charge is 0.384 e. The summed E-state index contributed by atoms with van der Waals surface area (Å²) in [4.78, 5) is 12.9. The molecule has 0 spiro atoms. The van der Waals surface area contributed by atoms with E-state index < -0.39 is 4.75 Å². The second-order valence-corrected chi connectivity index (χ2v) is 10.8. The van der Waals surface area contributed by atoms with Crippen LogP contribution in [-0.2, 0) is 14.9 Å². The number of hydrogen-bond donors (Lipinski definition) is 1. The Bertz CT molecular complexity index is 656. The second kappa shape index (κ2) is 7.85. The molecule has 2 saturated carbocycles. The third kappa shape index (κ3) is 3.77. The van der Waals surface area contributed by atoms with Gasteiger partial charge in [0.2, 0.25) is 11.8 Å². The summed E-state index contributed by atoms with van der Waals surface area (Å²) in [5, 5.41) is 7.77. The molecule has 5 nitrogen and oxygen atoms in total. The molecule has 1 aromatic heterocycles. The van der Waals surface area contributed by atoms with E-state index >= 15 is 0 Å². The number of amides is 1. The molecule has 146 valence electrons. The average molecular weight is 381 g/mol. The topological polar surface area (TPSA) is 64.4 Å². The maximum Gasteiger partial charge on any atom is 0.241 e. The van der Waals surface area contributed by atoms with E-state index in [1.165, 1.54) is 38.5 Å².